The summed E-state index contributed by atoms with van der Waals surface area (Å²) in [4.78, 5) is 0. The Morgan fingerprint density at radius 3 is 2.78 bits per heavy atom. The van der Waals surface area contributed by atoms with Crippen molar-refractivity contribution in [3.63, 3.8) is 0 Å². The van der Waals surface area contributed by atoms with Crippen LogP contribution in [-0.2, 0) is 0 Å². The lowest BCUT2D eigenvalue weighted by Gasteiger charge is -2.46. The summed E-state index contributed by atoms with van der Waals surface area (Å²) in [7, 11) is 0. The summed E-state index contributed by atoms with van der Waals surface area (Å²) in [5.74, 6) is 2.25. The van der Waals surface area contributed by atoms with Crippen molar-refractivity contribution in [1.82, 2.24) is 5.32 Å². The van der Waals surface area contributed by atoms with Crippen LogP contribution >= 0.6 is 0 Å². The third-order valence-electron chi connectivity index (χ3n) is 5.48. The number of aliphatic hydroxyl groups is 1. The topological polar surface area (TPSA) is 32.3 Å². The van der Waals surface area contributed by atoms with E-state index in [1.165, 1.54) is 32.1 Å². The Kier molecular flexibility index (Phi) is 4.71. The van der Waals surface area contributed by atoms with E-state index >= 15 is 0 Å². The van der Waals surface area contributed by atoms with Gasteiger partial charge in [-0.3, -0.25) is 0 Å². The molecule has 0 radical (unpaired) electrons. The lowest BCUT2D eigenvalue weighted by molar-refractivity contribution is -0.0652. The quantitative estimate of drug-likeness (QED) is 0.808. The third-order valence-corrected chi connectivity index (χ3v) is 5.48. The Morgan fingerprint density at radius 1 is 1.33 bits per heavy atom. The first kappa shape index (κ1) is 14.3. The molecule has 1 aliphatic carbocycles. The van der Waals surface area contributed by atoms with Crippen LogP contribution in [0.2, 0.25) is 0 Å². The van der Waals surface area contributed by atoms with Crippen LogP contribution in [-0.4, -0.2) is 23.3 Å². The van der Waals surface area contributed by atoms with Gasteiger partial charge in [-0.2, -0.15) is 0 Å². The molecule has 1 heterocycles. The molecule has 4 unspecified atom stereocenters. The van der Waals surface area contributed by atoms with E-state index < -0.39 is 5.60 Å². The van der Waals surface area contributed by atoms with Crippen LogP contribution in [0.1, 0.15) is 65.7 Å². The SMILES string of the molecule is CCC1CCNC(C2(O)CCCC(C(C)C)C2)C1. The molecular formula is C16H31NO. The zero-order valence-corrected chi connectivity index (χ0v) is 12.4. The van der Waals surface area contributed by atoms with Crippen molar-refractivity contribution >= 4 is 0 Å². The van der Waals surface area contributed by atoms with E-state index in [9.17, 15) is 5.11 Å². The van der Waals surface area contributed by atoms with E-state index in [2.05, 4.69) is 26.1 Å². The first-order chi connectivity index (χ1) is 8.55. The van der Waals surface area contributed by atoms with Gasteiger partial charge < -0.3 is 10.4 Å². The molecule has 0 aromatic carbocycles. The predicted molar refractivity (Wildman–Crippen MR) is 76.6 cm³/mol. The fraction of sp³-hybridized carbons (Fsp3) is 1.00. The van der Waals surface area contributed by atoms with E-state index in [4.69, 9.17) is 0 Å². The molecule has 2 heteroatoms. The monoisotopic (exact) mass is 253 g/mol. The Bertz CT molecular complexity index is 266. The third kappa shape index (κ3) is 3.08. The second-order valence-electron chi connectivity index (χ2n) is 7.01. The summed E-state index contributed by atoms with van der Waals surface area (Å²) in [6.45, 7) is 7.99. The van der Waals surface area contributed by atoms with Crippen LogP contribution in [0.3, 0.4) is 0 Å². The average Bonchev–Trinajstić information content (AvgIpc) is 2.39. The molecule has 4 atom stereocenters. The minimum Gasteiger partial charge on any atom is -0.388 e. The van der Waals surface area contributed by atoms with E-state index in [1.807, 2.05) is 0 Å². The lowest BCUT2D eigenvalue weighted by atomic mass is 9.68. The van der Waals surface area contributed by atoms with Gasteiger partial charge in [-0.25, -0.2) is 0 Å². The molecule has 0 amide bonds. The second-order valence-corrected chi connectivity index (χ2v) is 7.01. The van der Waals surface area contributed by atoms with Gasteiger partial charge in [-0.1, -0.05) is 33.6 Å². The number of nitrogens with one attached hydrogen (secondary N) is 1. The van der Waals surface area contributed by atoms with Gasteiger partial charge in [0.2, 0.25) is 0 Å². The molecule has 0 aromatic rings. The highest BCUT2D eigenvalue weighted by Crippen LogP contribution is 2.40. The van der Waals surface area contributed by atoms with Gasteiger partial charge in [0.1, 0.15) is 0 Å². The molecule has 1 saturated carbocycles. The first-order valence-corrected chi connectivity index (χ1v) is 8.01. The van der Waals surface area contributed by atoms with E-state index in [1.54, 1.807) is 0 Å². The van der Waals surface area contributed by atoms with Crippen molar-refractivity contribution in [3.05, 3.63) is 0 Å². The van der Waals surface area contributed by atoms with E-state index in [-0.39, 0.29) is 0 Å². The summed E-state index contributed by atoms with van der Waals surface area (Å²) < 4.78 is 0. The molecule has 0 spiro atoms. The Hall–Kier alpha value is -0.0800. The van der Waals surface area contributed by atoms with Crippen LogP contribution in [0.4, 0.5) is 0 Å². The number of rotatable bonds is 3. The number of hydrogen-bond donors (Lipinski definition) is 2. The summed E-state index contributed by atoms with van der Waals surface area (Å²) in [5.41, 5.74) is -0.430. The maximum absolute atomic E-state index is 11.1. The highest BCUT2D eigenvalue weighted by Gasteiger charge is 2.43. The Morgan fingerprint density at radius 2 is 2.11 bits per heavy atom. The zero-order valence-electron chi connectivity index (χ0n) is 12.4. The molecule has 18 heavy (non-hydrogen) atoms. The van der Waals surface area contributed by atoms with Crippen LogP contribution in [0, 0.1) is 17.8 Å². The summed E-state index contributed by atoms with van der Waals surface area (Å²) in [6, 6.07) is 0.345. The van der Waals surface area contributed by atoms with E-state index in [0.29, 0.717) is 17.9 Å². The smallest absolute Gasteiger partial charge is 0.0802 e. The Balaban J connectivity index is 2.00. The maximum atomic E-state index is 11.1. The molecule has 2 rings (SSSR count). The van der Waals surface area contributed by atoms with E-state index in [0.717, 1.165) is 25.3 Å². The van der Waals surface area contributed by atoms with Gasteiger partial charge in [-0.15, -0.1) is 0 Å². The molecule has 2 N–H and O–H groups in total. The van der Waals surface area contributed by atoms with Crippen molar-refractivity contribution in [2.45, 2.75) is 77.4 Å². The number of piperidine rings is 1. The molecule has 2 fully saturated rings. The van der Waals surface area contributed by atoms with Crippen LogP contribution < -0.4 is 5.32 Å². The van der Waals surface area contributed by atoms with Crippen molar-refractivity contribution in [1.29, 1.82) is 0 Å². The minimum absolute atomic E-state index is 0.345. The van der Waals surface area contributed by atoms with Gasteiger partial charge in [0, 0.05) is 6.04 Å². The average molecular weight is 253 g/mol. The van der Waals surface area contributed by atoms with Crippen LogP contribution in [0.25, 0.3) is 0 Å². The standard InChI is InChI=1S/C16H31NO/c1-4-13-7-9-17-15(10-13)16(18)8-5-6-14(11-16)12(2)3/h12-15,17-18H,4-11H2,1-3H3. The lowest BCUT2D eigenvalue weighted by Crippen LogP contribution is -2.56. The number of hydrogen-bond acceptors (Lipinski definition) is 2. The zero-order chi connectivity index (χ0) is 13.2. The molecule has 1 saturated heterocycles. The molecule has 2 nitrogen and oxygen atoms in total. The Labute approximate surface area is 113 Å². The fourth-order valence-electron chi connectivity index (χ4n) is 3.99. The molecule has 106 valence electrons. The van der Waals surface area contributed by atoms with Gasteiger partial charge in [0.15, 0.2) is 0 Å². The largest absolute Gasteiger partial charge is 0.388 e. The normalized spacial score (nSPS) is 42.2. The van der Waals surface area contributed by atoms with Gasteiger partial charge in [-0.05, 0) is 56.4 Å². The van der Waals surface area contributed by atoms with Gasteiger partial charge in [0.25, 0.3) is 0 Å². The van der Waals surface area contributed by atoms with Crippen molar-refractivity contribution < 1.29 is 5.11 Å². The van der Waals surface area contributed by atoms with Crippen molar-refractivity contribution in [2.24, 2.45) is 17.8 Å². The second kappa shape index (κ2) is 5.92. The van der Waals surface area contributed by atoms with Gasteiger partial charge >= 0.3 is 0 Å². The molecular weight excluding hydrogens is 222 g/mol. The van der Waals surface area contributed by atoms with Crippen LogP contribution in [0.15, 0.2) is 0 Å². The molecule has 0 bridgehead atoms. The van der Waals surface area contributed by atoms with Crippen molar-refractivity contribution in [3.8, 4) is 0 Å². The first-order valence-electron chi connectivity index (χ1n) is 8.01. The molecule has 2 aliphatic rings. The highest BCUT2D eigenvalue weighted by molar-refractivity contribution is 4.98. The van der Waals surface area contributed by atoms with Crippen LogP contribution in [0.5, 0.6) is 0 Å². The van der Waals surface area contributed by atoms with Crippen molar-refractivity contribution in [2.75, 3.05) is 6.54 Å². The molecule has 1 aliphatic heterocycles. The fourth-order valence-corrected chi connectivity index (χ4v) is 3.99. The maximum Gasteiger partial charge on any atom is 0.0802 e. The molecule has 0 aromatic heterocycles. The summed E-state index contributed by atoms with van der Waals surface area (Å²) in [6.07, 6.45) is 8.26. The highest BCUT2D eigenvalue weighted by atomic mass is 16.3. The summed E-state index contributed by atoms with van der Waals surface area (Å²) >= 11 is 0. The summed E-state index contributed by atoms with van der Waals surface area (Å²) in [5, 5.41) is 14.7. The predicted octanol–water partition coefficient (Wildman–Crippen LogP) is 3.34. The van der Waals surface area contributed by atoms with Gasteiger partial charge in [0.05, 0.1) is 5.60 Å². The minimum atomic E-state index is -0.430.